The van der Waals surface area contributed by atoms with Crippen LogP contribution >= 0.6 is 11.8 Å². The van der Waals surface area contributed by atoms with Gasteiger partial charge in [0.15, 0.2) is 0 Å². The Kier molecular flexibility index (Phi) is 5.58. The SMILES string of the molecule is C#CCSCCNC(=O)c1cccc(C)c1F. The van der Waals surface area contributed by atoms with Crippen molar-refractivity contribution in [3.05, 3.63) is 35.1 Å². The van der Waals surface area contributed by atoms with Crippen molar-refractivity contribution in [3.63, 3.8) is 0 Å². The van der Waals surface area contributed by atoms with E-state index in [1.807, 2.05) is 0 Å². The highest BCUT2D eigenvalue weighted by Crippen LogP contribution is 2.11. The lowest BCUT2D eigenvalue weighted by Crippen LogP contribution is -2.26. The minimum Gasteiger partial charge on any atom is -0.351 e. The maximum Gasteiger partial charge on any atom is 0.254 e. The van der Waals surface area contributed by atoms with Gasteiger partial charge in [0.05, 0.1) is 11.3 Å². The zero-order valence-electron chi connectivity index (χ0n) is 9.63. The summed E-state index contributed by atoms with van der Waals surface area (Å²) in [7, 11) is 0. The second-order valence-electron chi connectivity index (χ2n) is 3.45. The van der Waals surface area contributed by atoms with Crippen LogP contribution in [0.1, 0.15) is 15.9 Å². The molecule has 0 aliphatic rings. The molecule has 0 aromatic heterocycles. The molecule has 90 valence electrons. The lowest BCUT2D eigenvalue weighted by Gasteiger charge is -2.06. The van der Waals surface area contributed by atoms with Gasteiger partial charge in [0.25, 0.3) is 5.91 Å². The van der Waals surface area contributed by atoms with E-state index in [9.17, 15) is 9.18 Å². The smallest absolute Gasteiger partial charge is 0.254 e. The Morgan fingerprint density at radius 2 is 2.35 bits per heavy atom. The van der Waals surface area contributed by atoms with Crippen LogP contribution in [0.15, 0.2) is 18.2 Å². The molecule has 1 amide bonds. The van der Waals surface area contributed by atoms with Crippen LogP contribution in [-0.4, -0.2) is 24.0 Å². The average Bonchev–Trinajstić information content (AvgIpc) is 2.32. The number of carbonyl (C=O) groups excluding carboxylic acids is 1. The Morgan fingerprint density at radius 3 is 3.06 bits per heavy atom. The first-order chi connectivity index (χ1) is 8.16. The van der Waals surface area contributed by atoms with Crippen molar-refractivity contribution in [2.75, 3.05) is 18.1 Å². The number of rotatable bonds is 5. The summed E-state index contributed by atoms with van der Waals surface area (Å²) in [6.45, 7) is 2.12. The predicted octanol–water partition coefficient (Wildman–Crippen LogP) is 2.23. The first-order valence-corrected chi connectivity index (χ1v) is 6.36. The number of amides is 1. The standard InChI is InChI=1S/C13H14FNOS/c1-3-8-17-9-7-15-13(16)11-6-4-5-10(2)12(11)14/h1,4-6H,7-9H2,2H3,(H,15,16). The Morgan fingerprint density at radius 1 is 1.59 bits per heavy atom. The molecular formula is C13H14FNOS. The summed E-state index contributed by atoms with van der Waals surface area (Å²) in [5.74, 6) is 3.00. The quantitative estimate of drug-likeness (QED) is 0.642. The van der Waals surface area contributed by atoms with Gasteiger partial charge in [0.2, 0.25) is 0 Å². The summed E-state index contributed by atoms with van der Waals surface area (Å²) >= 11 is 1.55. The van der Waals surface area contributed by atoms with E-state index >= 15 is 0 Å². The molecule has 0 heterocycles. The number of benzene rings is 1. The van der Waals surface area contributed by atoms with E-state index in [0.717, 1.165) is 5.75 Å². The molecule has 0 bridgehead atoms. The van der Waals surface area contributed by atoms with E-state index in [-0.39, 0.29) is 11.5 Å². The van der Waals surface area contributed by atoms with Gasteiger partial charge in [-0.15, -0.1) is 18.2 Å². The third-order valence-electron chi connectivity index (χ3n) is 2.15. The minimum absolute atomic E-state index is 0.0898. The number of halogens is 1. The van der Waals surface area contributed by atoms with Crippen LogP contribution in [0, 0.1) is 25.1 Å². The Bertz CT molecular complexity index is 440. The van der Waals surface area contributed by atoms with Crippen LogP contribution in [-0.2, 0) is 0 Å². The second-order valence-corrected chi connectivity index (χ2v) is 4.55. The monoisotopic (exact) mass is 251 g/mol. The summed E-state index contributed by atoms with van der Waals surface area (Å²) in [5.41, 5.74) is 0.561. The summed E-state index contributed by atoms with van der Waals surface area (Å²) in [6.07, 6.45) is 5.09. The normalized spacial score (nSPS) is 9.71. The summed E-state index contributed by atoms with van der Waals surface area (Å²) < 4.78 is 13.6. The third-order valence-corrected chi connectivity index (χ3v) is 3.02. The Labute approximate surface area is 105 Å². The van der Waals surface area contributed by atoms with E-state index in [4.69, 9.17) is 6.42 Å². The maximum absolute atomic E-state index is 13.6. The molecule has 1 rings (SSSR count). The largest absolute Gasteiger partial charge is 0.351 e. The maximum atomic E-state index is 13.6. The van der Waals surface area contributed by atoms with Crippen molar-refractivity contribution in [3.8, 4) is 12.3 Å². The predicted molar refractivity (Wildman–Crippen MR) is 69.6 cm³/mol. The highest BCUT2D eigenvalue weighted by atomic mass is 32.2. The van der Waals surface area contributed by atoms with Crippen LogP contribution < -0.4 is 5.32 Å². The number of terminal acetylenes is 1. The van der Waals surface area contributed by atoms with Crippen molar-refractivity contribution in [1.29, 1.82) is 0 Å². The summed E-state index contributed by atoms with van der Waals surface area (Å²) in [6, 6.07) is 4.78. The van der Waals surface area contributed by atoms with Crippen molar-refractivity contribution >= 4 is 17.7 Å². The molecule has 1 N–H and O–H groups in total. The van der Waals surface area contributed by atoms with Crippen molar-refractivity contribution < 1.29 is 9.18 Å². The number of nitrogens with one attached hydrogen (secondary N) is 1. The minimum atomic E-state index is -0.457. The van der Waals surface area contributed by atoms with Gasteiger partial charge in [-0.05, 0) is 18.6 Å². The van der Waals surface area contributed by atoms with E-state index in [1.165, 1.54) is 6.07 Å². The highest BCUT2D eigenvalue weighted by Gasteiger charge is 2.11. The fraction of sp³-hybridized carbons (Fsp3) is 0.308. The van der Waals surface area contributed by atoms with Crippen molar-refractivity contribution in [2.45, 2.75) is 6.92 Å². The lowest BCUT2D eigenvalue weighted by atomic mass is 10.1. The van der Waals surface area contributed by atoms with Crippen LogP contribution in [0.4, 0.5) is 4.39 Å². The highest BCUT2D eigenvalue weighted by molar-refractivity contribution is 7.99. The molecule has 0 fully saturated rings. The van der Waals surface area contributed by atoms with Gasteiger partial charge < -0.3 is 5.32 Å². The molecule has 0 spiro atoms. The van der Waals surface area contributed by atoms with Crippen molar-refractivity contribution in [1.82, 2.24) is 5.32 Å². The van der Waals surface area contributed by atoms with Gasteiger partial charge in [-0.1, -0.05) is 18.1 Å². The number of thioether (sulfide) groups is 1. The molecular weight excluding hydrogens is 237 g/mol. The number of carbonyl (C=O) groups is 1. The summed E-state index contributed by atoms with van der Waals surface area (Å²) in [4.78, 5) is 11.6. The van der Waals surface area contributed by atoms with E-state index in [2.05, 4.69) is 11.2 Å². The molecule has 0 saturated carbocycles. The lowest BCUT2D eigenvalue weighted by molar-refractivity contribution is 0.0952. The van der Waals surface area contributed by atoms with Crippen molar-refractivity contribution in [2.24, 2.45) is 0 Å². The molecule has 0 aliphatic carbocycles. The van der Waals surface area contributed by atoms with Crippen LogP contribution in [0.25, 0.3) is 0 Å². The zero-order valence-corrected chi connectivity index (χ0v) is 10.4. The zero-order chi connectivity index (χ0) is 12.7. The molecule has 0 radical (unpaired) electrons. The number of hydrogen-bond donors (Lipinski definition) is 1. The molecule has 0 atom stereocenters. The fourth-order valence-corrected chi connectivity index (χ4v) is 1.79. The number of aryl methyl sites for hydroxylation is 1. The Hall–Kier alpha value is -1.47. The van der Waals surface area contributed by atoms with Gasteiger partial charge in [-0.25, -0.2) is 4.39 Å². The summed E-state index contributed by atoms with van der Waals surface area (Å²) in [5, 5.41) is 2.66. The molecule has 0 saturated heterocycles. The first-order valence-electron chi connectivity index (χ1n) is 5.21. The Balaban J connectivity index is 2.48. The van der Waals surface area contributed by atoms with E-state index in [0.29, 0.717) is 17.9 Å². The van der Waals surface area contributed by atoms with Crippen LogP contribution in [0.3, 0.4) is 0 Å². The molecule has 1 aromatic carbocycles. The van der Waals surface area contributed by atoms with Gasteiger partial charge in [0, 0.05) is 12.3 Å². The second kappa shape index (κ2) is 6.97. The molecule has 2 nitrogen and oxygen atoms in total. The van der Waals surface area contributed by atoms with E-state index < -0.39 is 5.82 Å². The van der Waals surface area contributed by atoms with Gasteiger partial charge >= 0.3 is 0 Å². The average molecular weight is 251 g/mol. The molecule has 1 aromatic rings. The fourth-order valence-electron chi connectivity index (χ4n) is 1.29. The first kappa shape index (κ1) is 13.6. The van der Waals surface area contributed by atoms with Gasteiger partial charge in [0.1, 0.15) is 5.82 Å². The van der Waals surface area contributed by atoms with E-state index in [1.54, 1.807) is 30.8 Å². The van der Waals surface area contributed by atoms with Crippen LogP contribution in [0.2, 0.25) is 0 Å². The molecule has 4 heteroatoms. The van der Waals surface area contributed by atoms with Gasteiger partial charge in [-0.2, -0.15) is 0 Å². The molecule has 17 heavy (non-hydrogen) atoms. The van der Waals surface area contributed by atoms with Crippen LogP contribution in [0.5, 0.6) is 0 Å². The third kappa shape index (κ3) is 4.12. The van der Waals surface area contributed by atoms with Gasteiger partial charge in [-0.3, -0.25) is 4.79 Å². The topological polar surface area (TPSA) is 29.1 Å². The molecule has 0 unspecified atom stereocenters. The number of hydrogen-bond acceptors (Lipinski definition) is 2. The molecule has 0 aliphatic heterocycles.